The molecule has 5 heteroatoms. The average Bonchev–Trinajstić information content (AvgIpc) is 2.46. The minimum Gasteiger partial charge on any atom is -0.478 e. The van der Waals surface area contributed by atoms with Gasteiger partial charge in [-0.25, -0.2) is 4.79 Å². The maximum atomic E-state index is 11.1. The van der Waals surface area contributed by atoms with Gasteiger partial charge in [-0.2, -0.15) is 0 Å². The van der Waals surface area contributed by atoms with E-state index in [1.54, 1.807) is 18.2 Å². The summed E-state index contributed by atoms with van der Waals surface area (Å²) in [6.07, 6.45) is 0. The van der Waals surface area contributed by atoms with Crippen LogP contribution in [0.4, 0.5) is 17.1 Å². The van der Waals surface area contributed by atoms with Crippen molar-refractivity contribution in [2.75, 3.05) is 23.3 Å². The van der Waals surface area contributed by atoms with Crippen molar-refractivity contribution >= 4 is 39.0 Å². The summed E-state index contributed by atoms with van der Waals surface area (Å²) in [5, 5.41) is 12.5. The van der Waals surface area contributed by atoms with Gasteiger partial charge in [0.15, 0.2) is 0 Å². The van der Waals surface area contributed by atoms with E-state index in [9.17, 15) is 4.79 Å². The summed E-state index contributed by atoms with van der Waals surface area (Å²) in [5.41, 5.74) is 3.31. The Morgan fingerprint density at radius 3 is 2.90 bits per heavy atom. The lowest BCUT2D eigenvalue weighted by atomic mass is 10.1. The molecule has 0 saturated carbocycles. The third kappa shape index (κ3) is 2.36. The molecule has 0 unspecified atom stereocenters. The average molecular weight is 333 g/mol. The molecule has 0 radical (unpaired) electrons. The van der Waals surface area contributed by atoms with Crippen LogP contribution in [0.3, 0.4) is 0 Å². The standard InChI is InChI=1S/C15H13BrN2O2/c16-11-4-5-14-13(9-11)17-6-7-18(14)12-3-1-2-10(8-12)15(19)20/h1-5,8-9,17H,6-7H2,(H,19,20). The van der Waals surface area contributed by atoms with Gasteiger partial charge in [-0.15, -0.1) is 0 Å². The molecule has 3 rings (SSSR count). The molecule has 4 nitrogen and oxygen atoms in total. The zero-order chi connectivity index (χ0) is 14.1. The van der Waals surface area contributed by atoms with Gasteiger partial charge in [-0.05, 0) is 36.4 Å². The number of carboxylic acid groups (broad SMARTS) is 1. The summed E-state index contributed by atoms with van der Waals surface area (Å²) in [7, 11) is 0. The molecular weight excluding hydrogens is 320 g/mol. The first kappa shape index (κ1) is 13.0. The van der Waals surface area contributed by atoms with Crippen LogP contribution < -0.4 is 10.2 Å². The summed E-state index contributed by atoms with van der Waals surface area (Å²) in [6, 6.07) is 13.1. The minimum atomic E-state index is -0.905. The predicted octanol–water partition coefficient (Wildman–Crippen LogP) is 3.71. The van der Waals surface area contributed by atoms with Crippen LogP contribution in [-0.4, -0.2) is 24.2 Å². The van der Waals surface area contributed by atoms with Crippen LogP contribution in [0.25, 0.3) is 0 Å². The van der Waals surface area contributed by atoms with E-state index in [0.717, 1.165) is 34.6 Å². The number of nitrogens with zero attached hydrogens (tertiary/aromatic N) is 1. The highest BCUT2D eigenvalue weighted by atomic mass is 79.9. The Labute approximate surface area is 125 Å². The SMILES string of the molecule is O=C(O)c1cccc(N2CCNc3cc(Br)ccc32)c1. The number of carbonyl (C=O) groups is 1. The maximum Gasteiger partial charge on any atom is 0.335 e. The second-order valence-electron chi connectivity index (χ2n) is 4.60. The van der Waals surface area contributed by atoms with Gasteiger partial charge < -0.3 is 15.3 Å². The maximum absolute atomic E-state index is 11.1. The topological polar surface area (TPSA) is 52.6 Å². The molecule has 0 aromatic heterocycles. The van der Waals surface area contributed by atoms with E-state index in [1.165, 1.54) is 0 Å². The lowest BCUT2D eigenvalue weighted by Gasteiger charge is -2.32. The largest absolute Gasteiger partial charge is 0.478 e. The molecule has 0 bridgehead atoms. The molecule has 0 saturated heterocycles. The molecule has 1 aliphatic rings. The van der Waals surface area contributed by atoms with Crippen molar-refractivity contribution in [2.24, 2.45) is 0 Å². The van der Waals surface area contributed by atoms with Gasteiger partial charge in [0.25, 0.3) is 0 Å². The van der Waals surface area contributed by atoms with Gasteiger partial charge in [0.2, 0.25) is 0 Å². The van der Waals surface area contributed by atoms with Crippen molar-refractivity contribution in [3.8, 4) is 0 Å². The summed E-state index contributed by atoms with van der Waals surface area (Å²) in [6.45, 7) is 1.62. The highest BCUT2D eigenvalue weighted by Gasteiger charge is 2.18. The number of fused-ring (bicyclic) bond motifs is 1. The number of aromatic carboxylic acids is 1. The Morgan fingerprint density at radius 1 is 1.25 bits per heavy atom. The van der Waals surface area contributed by atoms with Crippen LogP contribution in [0.5, 0.6) is 0 Å². The first-order valence-electron chi connectivity index (χ1n) is 6.29. The number of benzene rings is 2. The molecule has 2 aromatic carbocycles. The molecule has 0 aliphatic carbocycles. The Balaban J connectivity index is 2.04. The van der Waals surface area contributed by atoms with Crippen molar-refractivity contribution in [1.29, 1.82) is 0 Å². The first-order chi connectivity index (χ1) is 9.65. The van der Waals surface area contributed by atoms with E-state index in [0.29, 0.717) is 5.56 Å². The molecule has 20 heavy (non-hydrogen) atoms. The van der Waals surface area contributed by atoms with Crippen molar-refractivity contribution < 1.29 is 9.90 Å². The number of rotatable bonds is 2. The van der Waals surface area contributed by atoms with Crippen molar-refractivity contribution in [1.82, 2.24) is 0 Å². The minimum absolute atomic E-state index is 0.305. The Bertz CT molecular complexity index is 673. The van der Waals surface area contributed by atoms with Crippen molar-refractivity contribution in [2.45, 2.75) is 0 Å². The van der Waals surface area contributed by atoms with E-state index in [-0.39, 0.29) is 0 Å². The third-order valence-electron chi connectivity index (χ3n) is 3.31. The fourth-order valence-electron chi connectivity index (χ4n) is 2.38. The number of hydrogen-bond donors (Lipinski definition) is 2. The van der Waals surface area contributed by atoms with Gasteiger partial charge in [0, 0.05) is 23.2 Å². The number of nitrogens with one attached hydrogen (secondary N) is 1. The Kier molecular flexibility index (Phi) is 3.36. The van der Waals surface area contributed by atoms with Crippen LogP contribution in [0.15, 0.2) is 46.9 Å². The van der Waals surface area contributed by atoms with Gasteiger partial charge >= 0.3 is 5.97 Å². The van der Waals surface area contributed by atoms with E-state index < -0.39 is 5.97 Å². The van der Waals surface area contributed by atoms with E-state index in [4.69, 9.17) is 5.11 Å². The Hall–Kier alpha value is -2.01. The number of carboxylic acids is 1. The van der Waals surface area contributed by atoms with Crippen LogP contribution in [0.2, 0.25) is 0 Å². The molecule has 0 spiro atoms. The van der Waals surface area contributed by atoms with Crippen LogP contribution in [0, 0.1) is 0 Å². The number of halogens is 1. The molecule has 102 valence electrons. The highest BCUT2D eigenvalue weighted by Crippen LogP contribution is 2.36. The predicted molar refractivity (Wildman–Crippen MR) is 83.0 cm³/mol. The van der Waals surface area contributed by atoms with Crippen LogP contribution in [-0.2, 0) is 0 Å². The smallest absolute Gasteiger partial charge is 0.335 e. The zero-order valence-electron chi connectivity index (χ0n) is 10.6. The number of hydrogen-bond acceptors (Lipinski definition) is 3. The second kappa shape index (κ2) is 5.17. The summed E-state index contributed by atoms with van der Waals surface area (Å²) < 4.78 is 1.02. The lowest BCUT2D eigenvalue weighted by molar-refractivity contribution is 0.0697. The fourth-order valence-corrected chi connectivity index (χ4v) is 2.74. The summed E-state index contributed by atoms with van der Waals surface area (Å²) in [5.74, 6) is -0.905. The van der Waals surface area contributed by atoms with Gasteiger partial charge in [-0.3, -0.25) is 0 Å². The molecule has 1 aliphatic heterocycles. The fraction of sp³-hybridized carbons (Fsp3) is 0.133. The lowest BCUT2D eigenvalue weighted by Crippen LogP contribution is -2.30. The molecule has 0 fully saturated rings. The van der Waals surface area contributed by atoms with Gasteiger partial charge in [0.1, 0.15) is 0 Å². The van der Waals surface area contributed by atoms with Crippen LogP contribution >= 0.6 is 15.9 Å². The summed E-state index contributed by atoms with van der Waals surface area (Å²) in [4.78, 5) is 13.2. The Morgan fingerprint density at radius 2 is 2.10 bits per heavy atom. The second-order valence-corrected chi connectivity index (χ2v) is 5.51. The van der Waals surface area contributed by atoms with Gasteiger partial charge in [0.05, 0.1) is 16.9 Å². The normalized spacial score (nSPS) is 13.6. The van der Waals surface area contributed by atoms with E-state index in [2.05, 4.69) is 26.1 Å². The van der Waals surface area contributed by atoms with E-state index in [1.807, 2.05) is 24.3 Å². The molecule has 0 amide bonds. The van der Waals surface area contributed by atoms with Crippen molar-refractivity contribution in [3.05, 3.63) is 52.5 Å². The molecule has 2 N–H and O–H groups in total. The monoisotopic (exact) mass is 332 g/mol. The number of anilines is 3. The third-order valence-corrected chi connectivity index (χ3v) is 3.80. The van der Waals surface area contributed by atoms with Gasteiger partial charge in [-0.1, -0.05) is 22.0 Å². The van der Waals surface area contributed by atoms with E-state index >= 15 is 0 Å². The highest BCUT2D eigenvalue weighted by molar-refractivity contribution is 9.10. The molecule has 1 heterocycles. The molecule has 2 aromatic rings. The molecule has 0 atom stereocenters. The summed E-state index contributed by atoms with van der Waals surface area (Å²) >= 11 is 3.46. The molecular formula is C15H13BrN2O2. The quantitative estimate of drug-likeness (QED) is 0.880. The van der Waals surface area contributed by atoms with Crippen LogP contribution in [0.1, 0.15) is 10.4 Å². The van der Waals surface area contributed by atoms with Crippen molar-refractivity contribution in [3.63, 3.8) is 0 Å². The zero-order valence-corrected chi connectivity index (χ0v) is 12.2. The first-order valence-corrected chi connectivity index (χ1v) is 7.09.